The predicted octanol–water partition coefficient (Wildman–Crippen LogP) is 5.78. The van der Waals surface area contributed by atoms with Gasteiger partial charge in [-0.1, -0.05) is 32.9 Å². The second-order valence-electron chi connectivity index (χ2n) is 5.54. The highest BCUT2D eigenvalue weighted by Gasteiger charge is 2.36. The smallest absolute Gasteiger partial charge is 0.166 e. The number of halogens is 6. The van der Waals surface area contributed by atoms with E-state index in [2.05, 4.69) is 0 Å². The van der Waals surface area contributed by atoms with Crippen LogP contribution in [0.1, 0.15) is 37.5 Å². The van der Waals surface area contributed by atoms with Crippen molar-refractivity contribution in [1.82, 2.24) is 0 Å². The minimum absolute atomic E-state index is 0.119. The van der Waals surface area contributed by atoms with E-state index in [-0.39, 0.29) is 17.0 Å². The van der Waals surface area contributed by atoms with Gasteiger partial charge in [0.2, 0.25) is 0 Å². The quantitative estimate of drug-likeness (QED) is 0.576. The lowest BCUT2D eigenvalue weighted by Gasteiger charge is -2.14. The molecule has 0 fully saturated rings. The summed E-state index contributed by atoms with van der Waals surface area (Å²) in [5, 5.41) is 0. The Labute approximate surface area is 113 Å². The van der Waals surface area contributed by atoms with Crippen LogP contribution in [0.4, 0.5) is 26.3 Å². The van der Waals surface area contributed by atoms with Crippen molar-refractivity contribution in [3.8, 4) is 0 Å². The summed E-state index contributed by atoms with van der Waals surface area (Å²) in [6, 6.07) is 1.53. The third-order valence-electron chi connectivity index (χ3n) is 2.39. The summed E-state index contributed by atoms with van der Waals surface area (Å²) in [6.07, 6.45) is -6.80. The highest BCUT2D eigenvalue weighted by molar-refractivity contribution is 5.53. The van der Waals surface area contributed by atoms with Crippen molar-refractivity contribution in [2.45, 2.75) is 33.1 Å². The Hall–Kier alpha value is -1.46. The molecular formula is C14H14F6. The summed E-state index contributed by atoms with van der Waals surface area (Å²) in [5.41, 5.74) is -3.07. The topological polar surface area (TPSA) is 0 Å². The van der Waals surface area contributed by atoms with Gasteiger partial charge in [0.25, 0.3) is 0 Å². The van der Waals surface area contributed by atoms with Gasteiger partial charge in [-0.3, -0.25) is 0 Å². The van der Waals surface area contributed by atoms with Crippen LogP contribution in [0.25, 0.3) is 6.08 Å². The molecule has 20 heavy (non-hydrogen) atoms. The van der Waals surface area contributed by atoms with E-state index in [1.165, 1.54) is 6.08 Å². The zero-order chi connectivity index (χ0) is 15.8. The standard InChI is InChI=1S/C14H14F6/c1-12(2,3)5-4-9-6-10(13(15,16)17)8-11(7-9)14(18,19)20/h4-8H,1-3H3/b5-4+. The lowest BCUT2D eigenvalue weighted by atomic mass is 9.94. The molecule has 0 bridgehead atoms. The summed E-state index contributed by atoms with van der Waals surface area (Å²) < 4.78 is 75.7. The third-order valence-corrected chi connectivity index (χ3v) is 2.39. The molecule has 0 unspecified atom stereocenters. The van der Waals surface area contributed by atoms with Gasteiger partial charge in [-0.2, -0.15) is 26.3 Å². The maximum absolute atomic E-state index is 12.6. The molecule has 6 heteroatoms. The van der Waals surface area contributed by atoms with E-state index >= 15 is 0 Å². The molecule has 0 aliphatic heterocycles. The molecule has 0 radical (unpaired) electrons. The molecule has 0 aliphatic rings. The summed E-state index contributed by atoms with van der Waals surface area (Å²) in [4.78, 5) is 0. The van der Waals surface area contributed by atoms with E-state index in [9.17, 15) is 26.3 Å². The largest absolute Gasteiger partial charge is 0.416 e. The number of hydrogen-bond acceptors (Lipinski definition) is 0. The first-order chi connectivity index (χ1) is 8.79. The van der Waals surface area contributed by atoms with Crippen LogP contribution in [0.15, 0.2) is 24.3 Å². The molecule has 0 saturated heterocycles. The molecule has 1 aromatic rings. The average molecular weight is 296 g/mol. The number of allylic oxidation sites excluding steroid dienone is 1. The van der Waals surface area contributed by atoms with Crippen molar-refractivity contribution >= 4 is 6.08 Å². The van der Waals surface area contributed by atoms with Crippen LogP contribution in [-0.4, -0.2) is 0 Å². The number of alkyl halides is 6. The lowest BCUT2D eigenvalue weighted by Crippen LogP contribution is -2.11. The zero-order valence-corrected chi connectivity index (χ0v) is 11.2. The van der Waals surface area contributed by atoms with E-state index in [0.29, 0.717) is 12.1 Å². The van der Waals surface area contributed by atoms with Crippen LogP contribution in [-0.2, 0) is 12.4 Å². The predicted molar refractivity (Wildman–Crippen MR) is 64.9 cm³/mol. The molecule has 0 N–H and O–H groups in total. The van der Waals surface area contributed by atoms with E-state index in [1.54, 1.807) is 26.8 Å². The van der Waals surface area contributed by atoms with Gasteiger partial charge >= 0.3 is 12.4 Å². The minimum atomic E-state index is -4.81. The Morgan fingerprint density at radius 1 is 0.750 bits per heavy atom. The Balaban J connectivity index is 3.35. The van der Waals surface area contributed by atoms with Crippen LogP contribution in [0.3, 0.4) is 0 Å². The number of rotatable bonds is 1. The normalized spacial score (nSPS) is 14.1. The summed E-state index contributed by atoms with van der Waals surface area (Å²) in [7, 11) is 0. The minimum Gasteiger partial charge on any atom is -0.166 e. The molecular weight excluding hydrogens is 282 g/mol. The summed E-state index contributed by atoms with van der Waals surface area (Å²) >= 11 is 0. The molecule has 0 aromatic heterocycles. The van der Waals surface area contributed by atoms with E-state index in [1.807, 2.05) is 0 Å². The van der Waals surface area contributed by atoms with E-state index in [4.69, 9.17) is 0 Å². The van der Waals surface area contributed by atoms with Crippen LogP contribution < -0.4 is 0 Å². The van der Waals surface area contributed by atoms with Crippen molar-refractivity contribution in [3.05, 3.63) is 41.0 Å². The number of benzene rings is 1. The van der Waals surface area contributed by atoms with Gasteiger partial charge in [0.05, 0.1) is 11.1 Å². The van der Waals surface area contributed by atoms with Crippen molar-refractivity contribution in [3.63, 3.8) is 0 Å². The van der Waals surface area contributed by atoms with Gasteiger partial charge in [-0.25, -0.2) is 0 Å². The van der Waals surface area contributed by atoms with Crippen molar-refractivity contribution in [2.24, 2.45) is 5.41 Å². The van der Waals surface area contributed by atoms with Crippen LogP contribution in [0.5, 0.6) is 0 Å². The van der Waals surface area contributed by atoms with Crippen LogP contribution >= 0.6 is 0 Å². The van der Waals surface area contributed by atoms with E-state index in [0.717, 1.165) is 0 Å². The highest BCUT2D eigenvalue weighted by Crippen LogP contribution is 2.36. The monoisotopic (exact) mass is 296 g/mol. The van der Waals surface area contributed by atoms with Gasteiger partial charge in [0, 0.05) is 0 Å². The van der Waals surface area contributed by atoms with E-state index < -0.39 is 23.5 Å². The third kappa shape index (κ3) is 4.90. The molecule has 0 spiro atoms. The molecule has 1 rings (SSSR count). The second-order valence-corrected chi connectivity index (χ2v) is 5.54. The fraction of sp³-hybridized carbons (Fsp3) is 0.429. The number of hydrogen-bond donors (Lipinski definition) is 0. The summed E-state index contributed by atoms with van der Waals surface area (Å²) in [5.74, 6) is 0. The van der Waals surface area contributed by atoms with Gasteiger partial charge in [0.15, 0.2) is 0 Å². The molecule has 0 atom stereocenters. The Kier molecular flexibility index (Phi) is 4.27. The maximum atomic E-state index is 12.6. The molecule has 0 amide bonds. The Morgan fingerprint density at radius 2 is 1.15 bits per heavy atom. The van der Waals surface area contributed by atoms with Crippen molar-refractivity contribution < 1.29 is 26.3 Å². The summed E-state index contributed by atoms with van der Waals surface area (Å²) in [6.45, 7) is 5.38. The zero-order valence-electron chi connectivity index (χ0n) is 11.2. The van der Waals surface area contributed by atoms with Gasteiger partial charge in [-0.15, -0.1) is 0 Å². The maximum Gasteiger partial charge on any atom is 0.416 e. The fourth-order valence-corrected chi connectivity index (χ4v) is 1.42. The van der Waals surface area contributed by atoms with Gasteiger partial charge in [0.1, 0.15) is 0 Å². The Morgan fingerprint density at radius 3 is 1.45 bits per heavy atom. The second kappa shape index (κ2) is 5.14. The lowest BCUT2D eigenvalue weighted by molar-refractivity contribution is -0.143. The first kappa shape index (κ1) is 16.6. The first-order valence-corrected chi connectivity index (χ1v) is 5.78. The van der Waals surface area contributed by atoms with Crippen LogP contribution in [0, 0.1) is 5.41 Å². The average Bonchev–Trinajstić information content (AvgIpc) is 2.22. The van der Waals surface area contributed by atoms with Gasteiger partial charge < -0.3 is 0 Å². The SMILES string of the molecule is CC(C)(C)/C=C/c1cc(C(F)(F)F)cc(C(F)(F)F)c1. The Bertz CT molecular complexity index is 468. The molecule has 0 nitrogen and oxygen atoms in total. The van der Waals surface area contributed by atoms with Gasteiger partial charge in [-0.05, 0) is 29.2 Å². The van der Waals surface area contributed by atoms with Crippen molar-refractivity contribution in [1.29, 1.82) is 0 Å². The molecule has 1 aromatic carbocycles. The van der Waals surface area contributed by atoms with Crippen LogP contribution in [0.2, 0.25) is 0 Å². The van der Waals surface area contributed by atoms with Crippen molar-refractivity contribution in [2.75, 3.05) is 0 Å². The molecule has 0 heterocycles. The molecule has 112 valence electrons. The highest BCUT2D eigenvalue weighted by atomic mass is 19.4. The molecule has 0 aliphatic carbocycles. The first-order valence-electron chi connectivity index (χ1n) is 5.78. The fourth-order valence-electron chi connectivity index (χ4n) is 1.42. The molecule has 0 saturated carbocycles.